The molecule has 4 rings (SSSR count). The van der Waals surface area contributed by atoms with Gasteiger partial charge in [0.15, 0.2) is 0 Å². The molecule has 1 saturated heterocycles. The average Bonchev–Trinajstić information content (AvgIpc) is 2.71. The van der Waals surface area contributed by atoms with Crippen molar-refractivity contribution in [2.24, 2.45) is 5.41 Å². The molecule has 2 aliphatic rings. The van der Waals surface area contributed by atoms with E-state index in [-0.39, 0.29) is 33.7 Å². The van der Waals surface area contributed by atoms with E-state index < -0.39 is 5.41 Å². The van der Waals surface area contributed by atoms with Crippen molar-refractivity contribution in [3.05, 3.63) is 94.3 Å². The summed E-state index contributed by atoms with van der Waals surface area (Å²) in [5, 5.41) is 0.249. The normalized spacial score (nSPS) is 20.6. The Bertz CT molecular complexity index is 1040. The van der Waals surface area contributed by atoms with E-state index in [1.165, 1.54) is 4.90 Å². The maximum atomic E-state index is 13.4. The number of hydrogen-bond acceptors (Lipinski definition) is 2. The lowest BCUT2D eigenvalue weighted by Crippen LogP contribution is -2.68. The van der Waals surface area contributed by atoms with Crippen LogP contribution >= 0.6 is 23.2 Å². The van der Waals surface area contributed by atoms with Crippen molar-refractivity contribution in [1.29, 1.82) is 0 Å². The van der Waals surface area contributed by atoms with Crippen molar-refractivity contribution in [2.75, 3.05) is 0 Å². The van der Waals surface area contributed by atoms with Crippen LogP contribution in [0, 0.1) is 5.41 Å². The Balaban J connectivity index is 1.78. The Morgan fingerprint density at radius 2 is 1.40 bits per heavy atom. The first kappa shape index (κ1) is 20.7. The Labute approximate surface area is 186 Å². The third-order valence-electron chi connectivity index (χ3n) is 5.50. The van der Waals surface area contributed by atoms with Crippen LogP contribution in [0.4, 0.5) is 0 Å². The summed E-state index contributed by atoms with van der Waals surface area (Å²) in [4.78, 5) is 29.5. The van der Waals surface area contributed by atoms with Crippen molar-refractivity contribution < 1.29 is 9.59 Å². The molecule has 2 aromatic rings. The average molecular weight is 441 g/mol. The number of nitrogens with zero attached hydrogens (tertiary/aromatic N) is 2. The van der Waals surface area contributed by atoms with E-state index >= 15 is 0 Å². The minimum absolute atomic E-state index is 0.0908. The molecule has 30 heavy (non-hydrogen) atoms. The first-order valence-corrected chi connectivity index (χ1v) is 10.5. The first-order valence-electron chi connectivity index (χ1n) is 9.72. The first-order chi connectivity index (χ1) is 14.2. The number of hydrogen-bond donors (Lipinski definition) is 0. The summed E-state index contributed by atoms with van der Waals surface area (Å²) in [5.41, 5.74) is 0.0233. The van der Waals surface area contributed by atoms with Crippen LogP contribution in [0.15, 0.2) is 83.1 Å². The zero-order valence-corrected chi connectivity index (χ0v) is 18.5. The van der Waals surface area contributed by atoms with Gasteiger partial charge in [0.05, 0.1) is 6.04 Å². The highest BCUT2D eigenvalue weighted by Gasteiger charge is 2.63. The predicted octanol–water partition coefficient (Wildman–Crippen LogP) is 5.67. The molecule has 6 heteroatoms. The van der Waals surface area contributed by atoms with Crippen molar-refractivity contribution in [1.82, 2.24) is 9.80 Å². The summed E-state index contributed by atoms with van der Waals surface area (Å²) in [6.45, 7) is 6.00. The SMILES string of the molecule is CC(C)(C)N1C(=O)C2(C=C(Cl)N(C(=O)c3ccccc3)C(Cl)=C2)C1c1ccccc1. The highest BCUT2D eigenvalue weighted by atomic mass is 35.5. The van der Waals surface area contributed by atoms with Gasteiger partial charge >= 0.3 is 0 Å². The molecule has 2 aromatic carbocycles. The number of benzene rings is 2. The standard InChI is InChI=1S/C24H22Cl2N2O2/c1-23(2,3)28-20(16-10-6-4-7-11-16)24(22(28)30)14-18(25)27(19(26)15-24)21(29)17-12-8-5-9-13-17/h4-15,20H,1-3H3. The molecule has 2 amide bonds. The number of rotatable bonds is 2. The minimum atomic E-state index is -1.03. The fourth-order valence-electron chi connectivity index (χ4n) is 4.19. The fourth-order valence-corrected chi connectivity index (χ4v) is 4.93. The van der Waals surface area contributed by atoms with Gasteiger partial charge < -0.3 is 4.90 Å². The predicted molar refractivity (Wildman–Crippen MR) is 119 cm³/mol. The molecule has 1 atom stereocenters. The summed E-state index contributed by atoms with van der Waals surface area (Å²) in [5.74, 6) is -0.435. The molecule has 1 fully saturated rings. The molecule has 0 radical (unpaired) electrons. The van der Waals surface area contributed by atoms with Gasteiger partial charge in [0, 0.05) is 11.1 Å². The van der Waals surface area contributed by atoms with Crippen LogP contribution in [-0.2, 0) is 4.79 Å². The van der Waals surface area contributed by atoms with E-state index in [9.17, 15) is 9.59 Å². The molecule has 4 nitrogen and oxygen atoms in total. The van der Waals surface area contributed by atoms with Gasteiger partial charge in [0.2, 0.25) is 5.91 Å². The summed E-state index contributed by atoms with van der Waals surface area (Å²) in [7, 11) is 0. The smallest absolute Gasteiger partial charge is 0.264 e. The van der Waals surface area contributed by atoms with E-state index in [2.05, 4.69) is 0 Å². The molecule has 154 valence electrons. The van der Waals surface area contributed by atoms with Crippen LogP contribution in [0.2, 0.25) is 0 Å². The summed E-state index contributed by atoms with van der Waals surface area (Å²) < 4.78 is 0. The molecule has 0 N–H and O–H groups in total. The Morgan fingerprint density at radius 1 is 0.900 bits per heavy atom. The van der Waals surface area contributed by atoms with Gasteiger partial charge in [-0.1, -0.05) is 71.7 Å². The van der Waals surface area contributed by atoms with Crippen LogP contribution < -0.4 is 0 Å². The largest absolute Gasteiger partial charge is 0.328 e. The molecular weight excluding hydrogens is 419 g/mol. The molecule has 0 bridgehead atoms. The summed E-state index contributed by atoms with van der Waals surface area (Å²) in [6.07, 6.45) is 3.31. The van der Waals surface area contributed by atoms with Crippen molar-refractivity contribution in [3.8, 4) is 0 Å². The van der Waals surface area contributed by atoms with E-state index in [1.807, 2.05) is 62.1 Å². The lowest BCUT2D eigenvalue weighted by atomic mass is 9.65. The van der Waals surface area contributed by atoms with E-state index in [1.54, 1.807) is 36.4 Å². The van der Waals surface area contributed by atoms with Gasteiger partial charge in [-0.15, -0.1) is 0 Å². The van der Waals surface area contributed by atoms with Crippen LogP contribution in [0.3, 0.4) is 0 Å². The van der Waals surface area contributed by atoms with Crippen molar-refractivity contribution in [3.63, 3.8) is 0 Å². The lowest BCUT2D eigenvalue weighted by molar-refractivity contribution is -0.172. The molecule has 2 heterocycles. The second kappa shape index (κ2) is 7.29. The van der Waals surface area contributed by atoms with Crippen LogP contribution in [0.25, 0.3) is 0 Å². The third kappa shape index (κ3) is 3.15. The number of amides is 2. The Hall–Kier alpha value is -2.56. The monoisotopic (exact) mass is 440 g/mol. The molecule has 1 spiro atoms. The zero-order valence-electron chi connectivity index (χ0n) is 17.0. The molecule has 0 aliphatic carbocycles. The van der Waals surface area contributed by atoms with Gasteiger partial charge in [0.25, 0.3) is 5.91 Å². The molecule has 2 aliphatic heterocycles. The van der Waals surface area contributed by atoms with Crippen LogP contribution in [0.5, 0.6) is 0 Å². The maximum Gasteiger partial charge on any atom is 0.264 e. The molecule has 0 aromatic heterocycles. The minimum Gasteiger partial charge on any atom is -0.328 e. The lowest BCUT2D eigenvalue weighted by Gasteiger charge is -2.60. The zero-order chi connectivity index (χ0) is 21.7. The molecule has 1 unspecified atom stereocenters. The van der Waals surface area contributed by atoms with Gasteiger partial charge in [-0.3, -0.25) is 14.5 Å². The quantitative estimate of drug-likeness (QED) is 0.445. The third-order valence-corrected chi connectivity index (χ3v) is 6.06. The fraction of sp³-hybridized carbons (Fsp3) is 0.250. The topological polar surface area (TPSA) is 40.6 Å². The second-order valence-electron chi connectivity index (χ2n) is 8.53. The van der Waals surface area contributed by atoms with Crippen LogP contribution in [0.1, 0.15) is 42.7 Å². The van der Waals surface area contributed by atoms with Gasteiger partial charge in [-0.25, -0.2) is 0 Å². The number of halogens is 2. The number of carbonyl (C=O) groups excluding carboxylic acids is 2. The van der Waals surface area contributed by atoms with E-state index in [0.29, 0.717) is 5.56 Å². The number of carbonyl (C=O) groups is 2. The highest BCUT2D eigenvalue weighted by Crippen LogP contribution is 2.58. The molecule has 0 saturated carbocycles. The number of β-lactam (4-membered cyclic amide) rings is 1. The van der Waals surface area contributed by atoms with Gasteiger partial charge in [-0.05, 0) is 50.6 Å². The Kier molecular flexibility index (Phi) is 5.03. The van der Waals surface area contributed by atoms with Crippen LogP contribution in [-0.4, -0.2) is 27.2 Å². The molecular formula is C24H22Cl2N2O2. The maximum absolute atomic E-state index is 13.4. The van der Waals surface area contributed by atoms with Crippen molar-refractivity contribution in [2.45, 2.75) is 32.4 Å². The second-order valence-corrected chi connectivity index (χ2v) is 9.31. The Morgan fingerprint density at radius 3 is 1.90 bits per heavy atom. The van der Waals surface area contributed by atoms with Crippen molar-refractivity contribution >= 4 is 35.0 Å². The van der Waals surface area contributed by atoms with Gasteiger partial charge in [-0.2, -0.15) is 0 Å². The summed E-state index contributed by atoms with van der Waals surface area (Å²) >= 11 is 13.1. The van der Waals surface area contributed by atoms with Gasteiger partial charge in [0.1, 0.15) is 15.7 Å². The van der Waals surface area contributed by atoms with E-state index in [4.69, 9.17) is 23.2 Å². The number of likely N-dealkylation sites (tertiary alicyclic amines) is 1. The summed E-state index contributed by atoms with van der Waals surface area (Å²) in [6, 6.07) is 18.3. The highest BCUT2D eigenvalue weighted by molar-refractivity contribution is 6.36. The van der Waals surface area contributed by atoms with E-state index in [0.717, 1.165) is 5.56 Å².